The molecule has 0 amide bonds. The molecule has 20 heavy (non-hydrogen) atoms. The number of aliphatic hydroxyl groups excluding tert-OH is 1. The summed E-state index contributed by atoms with van der Waals surface area (Å²) in [5.41, 5.74) is 3.77. The van der Waals surface area contributed by atoms with Crippen LogP contribution < -0.4 is 4.90 Å². The molecule has 2 aromatic rings. The van der Waals surface area contributed by atoms with Gasteiger partial charge in [-0.1, -0.05) is 23.8 Å². The highest BCUT2D eigenvalue weighted by molar-refractivity contribution is 5.65. The van der Waals surface area contributed by atoms with Gasteiger partial charge < -0.3 is 15.1 Å². The lowest BCUT2D eigenvalue weighted by Crippen LogP contribution is -2.16. The maximum atomic E-state index is 10.0. The summed E-state index contributed by atoms with van der Waals surface area (Å²) < 4.78 is 0. The Labute approximate surface area is 120 Å². The van der Waals surface area contributed by atoms with Gasteiger partial charge in [-0.25, -0.2) is 0 Å². The Morgan fingerprint density at radius 2 is 1.65 bits per heavy atom. The van der Waals surface area contributed by atoms with E-state index in [0.717, 1.165) is 17.9 Å². The number of rotatable bonds is 4. The van der Waals surface area contributed by atoms with Crippen LogP contribution in [0.3, 0.4) is 0 Å². The lowest BCUT2D eigenvalue weighted by molar-refractivity contribution is 0.195. The molecule has 0 heterocycles. The Morgan fingerprint density at radius 3 is 2.15 bits per heavy atom. The molecule has 0 aliphatic heterocycles. The van der Waals surface area contributed by atoms with Crippen molar-refractivity contribution in [3.63, 3.8) is 0 Å². The molecule has 3 nitrogen and oxygen atoms in total. The van der Waals surface area contributed by atoms with Crippen LogP contribution in [0.5, 0.6) is 5.75 Å². The molecule has 1 unspecified atom stereocenters. The van der Waals surface area contributed by atoms with Crippen molar-refractivity contribution in [3.8, 4) is 5.75 Å². The van der Waals surface area contributed by atoms with Gasteiger partial charge in [-0.05, 0) is 39.0 Å². The molecule has 0 saturated heterocycles. The van der Waals surface area contributed by atoms with Crippen LogP contribution in [0.1, 0.15) is 31.1 Å². The van der Waals surface area contributed by atoms with E-state index in [2.05, 4.69) is 43.0 Å². The van der Waals surface area contributed by atoms with Gasteiger partial charge in [-0.2, -0.15) is 0 Å². The van der Waals surface area contributed by atoms with E-state index in [4.69, 9.17) is 0 Å². The van der Waals surface area contributed by atoms with E-state index in [1.165, 1.54) is 5.56 Å². The standard InChI is InChI=1S/C17H21NO2/c1-4-18(14-7-5-12(2)6-8-14)15-9-10-16(13(3)19)17(20)11-15/h5-11,13,19-20H,4H2,1-3H3. The number of phenolic OH excluding ortho intramolecular Hbond substituents is 1. The van der Waals surface area contributed by atoms with Gasteiger partial charge in [0.25, 0.3) is 0 Å². The molecular formula is C17H21NO2. The molecule has 0 aliphatic carbocycles. The third-order valence-corrected chi connectivity index (χ3v) is 3.44. The highest BCUT2D eigenvalue weighted by atomic mass is 16.3. The van der Waals surface area contributed by atoms with Gasteiger partial charge in [-0.15, -0.1) is 0 Å². The fraction of sp³-hybridized carbons (Fsp3) is 0.294. The molecule has 0 spiro atoms. The molecule has 0 bridgehead atoms. The van der Waals surface area contributed by atoms with Crippen LogP contribution in [0.4, 0.5) is 11.4 Å². The van der Waals surface area contributed by atoms with E-state index in [-0.39, 0.29) is 5.75 Å². The average Bonchev–Trinajstić information content (AvgIpc) is 2.41. The second-order valence-corrected chi connectivity index (χ2v) is 5.00. The Morgan fingerprint density at radius 1 is 1.05 bits per heavy atom. The summed E-state index contributed by atoms with van der Waals surface area (Å²) in [6.45, 7) is 6.58. The first-order valence-corrected chi connectivity index (χ1v) is 6.88. The minimum atomic E-state index is -0.668. The summed E-state index contributed by atoms with van der Waals surface area (Å²) in [5, 5.41) is 19.6. The van der Waals surface area contributed by atoms with Crippen molar-refractivity contribution in [1.29, 1.82) is 0 Å². The number of aliphatic hydroxyl groups is 1. The summed E-state index contributed by atoms with van der Waals surface area (Å²) in [7, 11) is 0. The number of aryl methyl sites for hydroxylation is 1. The largest absolute Gasteiger partial charge is 0.507 e. The van der Waals surface area contributed by atoms with Crippen molar-refractivity contribution in [2.24, 2.45) is 0 Å². The van der Waals surface area contributed by atoms with Crippen molar-refractivity contribution >= 4 is 11.4 Å². The SMILES string of the molecule is CCN(c1ccc(C)cc1)c1ccc(C(C)O)c(O)c1. The van der Waals surface area contributed by atoms with Crippen molar-refractivity contribution in [1.82, 2.24) is 0 Å². The van der Waals surface area contributed by atoms with Gasteiger partial charge in [-0.3, -0.25) is 0 Å². The number of hydrogen-bond donors (Lipinski definition) is 2. The maximum absolute atomic E-state index is 10.0. The molecule has 2 rings (SSSR count). The highest BCUT2D eigenvalue weighted by Crippen LogP contribution is 2.32. The number of nitrogens with zero attached hydrogens (tertiary/aromatic N) is 1. The van der Waals surface area contributed by atoms with Crippen LogP contribution in [-0.4, -0.2) is 16.8 Å². The van der Waals surface area contributed by atoms with Gasteiger partial charge in [0.2, 0.25) is 0 Å². The van der Waals surface area contributed by atoms with Crippen LogP contribution in [0.15, 0.2) is 42.5 Å². The first-order valence-electron chi connectivity index (χ1n) is 6.88. The summed E-state index contributed by atoms with van der Waals surface area (Å²) in [5.74, 6) is 0.128. The zero-order valence-corrected chi connectivity index (χ0v) is 12.2. The van der Waals surface area contributed by atoms with Gasteiger partial charge in [0.15, 0.2) is 0 Å². The lowest BCUT2D eigenvalue weighted by atomic mass is 10.1. The van der Waals surface area contributed by atoms with Crippen LogP contribution in [-0.2, 0) is 0 Å². The summed E-state index contributed by atoms with van der Waals surface area (Å²) >= 11 is 0. The number of anilines is 2. The van der Waals surface area contributed by atoms with Crippen molar-refractivity contribution < 1.29 is 10.2 Å². The molecule has 106 valence electrons. The monoisotopic (exact) mass is 271 g/mol. The molecule has 2 N–H and O–H groups in total. The summed E-state index contributed by atoms with van der Waals surface area (Å²) in [6, 6.07) is 13.7. The van der Waals surface area contributed by atoms with E-state index >= 15 is 0 Å². The molecule has 0 saturated carbocycles. The van der Waals surface area contributed by atoms with E-state index < -0.39 is 6.10 Å². The Hall–Kier alpha value is -2.00. The topological polar surface area (TPSA) is 43.7 Å². The van der Waals surface area contributed by atoms with Gasteiger partial charge in [0, 0.05) is 29.5 Å². The number of phenols is 1. The summed E-state index contributed by atoms with van der Waals surface area (Å²) in [6.07, 6.45) is -0.668. The van der Waals surface area contributed by atoms with Crippen LogP contribution in [0.25, 0.3) is 0 Å². The molecule has 0 fully saturated rings. The molecule has 0 aromatic heterocycles. The van der Waals surface area contributed by atoms with Crippen molar-refractivity contribution in [2.45, 2.75) is 26.9 Å². The van der Waals surface area contributed by atoms with E-state index in [9.17, 15) is 10.2 Å². The predicted octanol–water partition coefficient (Wildman–Crippen LogP) is 3.91. The third kappa shape index (κ3) is 2.94. The Balaban J connectivity index is 2.37. The minimum Gasteiger partial charge on any atom is -0.507 e. The second-order valence-electron chi connectivity index (χ2n) is 5.00. The number of hydrogen-bond acceptors (Lipinski definition) is 3. The first kappa shape index (κ1) is 14.4. The van der Waals surface area contributed by atoms with Gasteiger partial charge >= 0.3 is 0 Å². The molecule has 0 radical (unpaired) electrons. The molecule has 1 atom stereocenters. The molecule has 3 heteroatoms. The predicted molar refractivity (Wildman–Crippen MR) is 82.6 cm³/mol. The smallest absolute Gasteiger partial charge is 0.123 e. The van der Waals surface area contributed by atoms with Crippen molar-refractivity contribution in [2.75, 3.05) is 11.4 Å². The van der Waals surface area contributed by atoms with Crippen LogP contribution in [0, 0.1) is 6.92 Å². The first-order chi connectivity index (χ1) is 9.52. The zero-order chi connectivity index (χ0) is 14.7. The summed E-state index contributed by atoms with van der Waals surface area (Å²) in [4.78, 5) is 2.12. The molecular weight excluding hydrogens is 250 g/mol. The fourth-order valence-corrected chi connectivity index (χ4v) is 2.29. The minimum absolute atomic E-state index is 0.128. The number of aromatic hydroxyl groups is 1. The molecule has 0 aliphatic rings. The maximum Gasteiger partial charge on any atom is 0.123 e. The van der Waals surface area contributed by atoms with Gasteiger partial charge in [0.1, 0.15) is 5.75 Å². The van der Waals surface area contributed by atoms with Crippen molar-refractivity contribution in [3.05, 3.63) is 53.6 Å². The average molecular weight is 271 g/mol. The second kappa shape index (κ2) is 5.97. The number of benzene rings is 2. The fourth-order valence-electron chi connectivity index (χ4n) is 2.29. The lowest BCUT2D eigenvalue weighted by Gasteiger charge is -2.24. The highest BCUT2D eigenvalue weighted by Gasteiger charge is 2.12. The van der Waals surface area contributed by atoms with Crippen LogP contribution >= 0.6 is 0 Å². The third-order valence-electron chi connectivity index (χ3n) is 3.44. The van der Waals surface area contributed by atoms with Crippen LogP contribution in [0.2, 0.25) is 0 Å². The van der Waals surface area contributed by atoms with E-state index in [1.807, 2.05) is 6.07 Å². The van der Waals surface area contributed by atoms with Gasteiger partial charge in [0.05, 0.1) is 6.10 Å². The molecule has 2 aromatic carbocycles. The zero-order valence-electron chi connectivity index (χ0n) is 12.2. The Kier molecular flexibility index (Phi) is 4.30. The Bertz CT molecular complexity index is 576. The normalized spacial score (nSPS) is 12.2. The quantitative estimate of drug-likeness (QED) is 0.886. The van der Waals surface area contributed by atoms with E-state index in [0.29, 0.717) is 5.56 Å². The van der Waals surface area contributed by atoms with E-state index in [1.54, 1.807) is 19.1 Å².